The first-order valence-corrected chi connectivity index (χ1v) is 5.51. The minimum atomic E-state index is 0.0682. The van der Waals surface area contributed by atoms with Gasteiger partial charge in [-0.25, -0.2) is 4.98 Å². The van der Waals surface area contributed by atoms with E-state index < -0.39 is 0 Å². The third kappa shape index (κ3) is 3.19. The number of carbonyl (C=O) groups excluding carboxylic acids is 1. The molecular formula is C13H18N2O. The molecule has 1 aromatic rings. The second-order valence-electron chi connectivity index (χ2n) is 3.69. The lowest BCUT2D eigenvalue weighted by Gasteiger charge is -2.21. The summed E-state index contributed by atoms with van der Waals surface area (Å²) < 4.78 is 0. The van der Waals surface area contributed by atoms with Crippen molar-refractivity contribution in [1.82, 2.24) is 4.98 Å². The highest BCUT2D eigenvalue weighted by Crippen LogP contribution is 2.13. The molecule has 0 N–H and O–H groups in total. The highest BCUT2D eigenvalue weighted by atomic mass is 16.1. The third-order valence-corrected chi connectivity index (χ3v) is 2.32. The van der Waals surface area contributed by atoms with Crippen molar-refractivity contribution in [3.8, 4) is 0 Å². The lowest BCUT2D eigenvalue weighted by atomic mass is 10.2. The summed E-state index contributed by atoms with van der Waals surface area (Å²) in [6.07, 6.45) is 4.56. The molecule has 0 amide bonds. The van der Waals surface area contributed by atoms with E-state index in [4.69, 9.17) is 0 Å². The Balaban J connectivity index is 2.94. The lowest BCUT2D eigenvalue weighted by Crippen LogP contribution is -2.25. The highest BCUT2D eigenvalue weighted by Gasteiger charge is 2.07. The summed E-state index contributed by atoms with van der Waals surface area (Å²) in [5.41, 5.74) is 0.704. The molecule has 1 rings (SSSR count). The number of pyridine rings is 1. The van der Waals surface area contributed by atoms with Crippen molar-refractivity contribution in [2.75, 3.05) is 18.0 Å². The summed E-state index contributed by atoms with van der Waals surface area (Å²) >= 11 is 0. The van der Waals surface area contributed by atoms with Gasteiger partial charge in [0.2, 0.25) is 0 Å². The monoisotopic (exact) mass is 218 g/mol. The first-order valence-electron chi connectivity index (χ1n) is 5.51. The van der Waals surface area contributed by atoms with Crippen LogP contribution in [0.25, 0.3) is 0 Å². The van der Waals surface area contributed by atoms with Crippen LogP contribution in [0.5, 0.6) is 0 Å². The largest absolute Gasteiger partial charge is 0.353 e. The predicted octanol–water partition coefficient (Wildman–Crippen LogP) is 2.69. The van der Waals surface area contributed by atoms with Crippen molar-refractivity contribution in [2.24, 2.45) is 0 Å². The fourth-order valence-electron chi connectivity index (χ4n) is 1.54. The molecule has 0 aliphatic heterocycles. The number of rotatable bonds is 6. The molecule has 16 heavy (non-hydrogen) atoms. The van der Waals surface area contributed by atoms with Crippen LogP contribution in [0.2, 0.25) is 0 Å². The van der Waals surface area contributed by atoms with Gasteiger partial charge in [-0.05, 0) is 25.5 Å². The molecule has 3 nitrogen and oxygen atoms in total. The number of nitrogens with zero attached hydrogens (tertiary/aromatic N) is 2. The van der Waals surface area contributed by atoms with Crippen LogP contribution in [0, 0.1) is 0 Å². The van der Waals surface area contributed by atoms with Gasteiger partial charge < -0.3 is 4.90 Å². The summed E-state index contributed by atoms with van der Waals surface area (Å²) in [4.78, 5) is 17.7. The molecule has 3 heteroatoms. The van der Waals surface area contributed by atoms with Gasteiger partial charge in [0, 0.05) is 24.8 Å². The zero-order valence-electron chi connectivity index (χ0n) is 9.94. The van der Waals surface area contributed by atoms with Crippen LogP contribution in [-0.2, 0) is 0 Å². The number of ketones is 1. The molecule has 1 aromatic heterocycles. The molecule has 0 aliphatic carbocycles. The normalized spacial score (nSPS) is 9.88. The average molecular weight is 218 g/mol. The topological polar surface area (TPSA) is 33.2 Å². The SMILES string of the molecule is C=CCN(CCC)c1cc(C(C)=O)ccn1. The Morgan fingerprint density at radius 1 is 1.62 bits per heavy atom. The summed E-state index contributed by atoms with van der Waals surface area (Å²) in [6.45, 7) is 9.08. The molecule has 0 radical (unpaired) electrons. The van der Waals surface area contributed by atoms with Gasteiger partial charge in [-0.15, -0.1) is 6.58 Å². The summed E-state index contributed by atoms with van der Waals surface area (Å²) in [5.74, 6) is 0.910. The van der Waals surface area contributed by atoms with Crippen LogP contribution >= 0.6 is 0 Å². The Morgan fingerprint density at radius 2 is 2.38 bits per heavy atom. The zero-order valence-corrected chi connectivity index (χ0v) is 9.94. The average Bonchev–Trinajstić information content (AvgIpc) is 2.29. The Labute approximate surface area is 96.8 Å². The fraction of sp³-hybridized carbons (Fsp3) is 0.385. The number of aromatic nitrogens is 1. The van der Waals surface area contributed by atoms with Gasteiger partial charge in [0.1, 0.15) is 5.82 Å². The highest BCUT2D eigenvalue weighted by molar-refractivity contribution is 5.94. The first-order chi connectivity index (χ1) is 7.69. The van der Waals surface area contributed by atoms with Crippen molar-refractivity contribution in [1.29, 1.82) is 0 Å². The quantitative estimate of drug-likeness (QED) is 0.543. The molecule has 86 valence electrons. The van der Waals surface area contributed by atoms with E-state index in [1.54, 1.807) is 19.2 Å². The number of Topliss-reactive ketones (excluding diaryl/α,β-unsaturated/α-hetero) is 1. The molecule has 0 saturated heterocycles. The number of carbonyl (C=O) groups is 1. The van der Waals surface area contributed by atoms with Gasteiger partial charge >= 0.3 is 0 Å². The number of hydrogen-bond donors (Lipinski definition) is 0. The van der Waals surface area contributed by atoms with Crippen molar-refractivity contribution in [3.63, 3.8) is 0 Å². The van der Waals surface area contributed by atoms with Gasteiger partial charge in [0.15, 0.2) is 5.78 Å². The number of anilines is 1. The standard InChI is InChI=1S/C13H18N2O/c1-4-8-15(9-5-2)13-10-12(11(3)16)6-7-14-13/h4,6-7,10H,1,5,8-9H2,2-3H3. The van der Waals surface area contributed by atoms with Crippen LogP contribution in [0.3, 0.4) is 0 Å². The second kappa shape index (κ2) is 6.05. The molecular weight excluding hydrogens is 200 g/mol. The fourth-order valence-corrected chi connectivity index (χ4v) is 1.54. The van der Waals surface area contributed by atoms with Crippen molar-refractivity contribution in [3.05, 3.63) is 36.5 Å². The van der Waals surface area contributed by atoms with Crippen LogP contribution in [0.4, 0.5) is 5.82 Å². The Bertz CT molecular complexity index is 374. The van der Waals surface area contributed by atoms with E-state index in [2.05, 4.69) is 23.4 Å². The minimum Gasteiger partial charge on any atom is -0.353 e. The third-order valence-electron chi connectivity index (χ3n) is 2.32. The molecule has 0 saturated carbocycles. The van der Waals surface area contributed by atoms with Gasteiger partial charge in [0.25, 0.3) is 0 Å². The molecule has 0 fully saturated rings. The molecule has 0 spiro atoms. The van der Waals surface area contributed by atoms with Crippen LogP contribution in [-0.4, -0.2) is 23.9 Å². The van der Waals surface area contributed by atoms with Crippen molar-refractivity contribution >= 4 is 11.6 Å². The van der Waals surface area contributed by atoms with Crippen molar-refractivity contribution in [2.45, 2.75) is 20.3 Å². The maximum atomic E-state index is 11.3. The lowest BCUT2D eigenvalue weighted by molar-refractivity contribution is 0.101. The smallest absolute Gasteiger partial charge is 0.159 e. The van der Waals surface area contributed by atoms with Gasteiger partial charge in [-0.1, -0.05) is 13.0 Å². The molecule has 0 bridgehead atoms. The van der Waals surface area contributed by atoms with Gasteiger partial charge in [-0.3, -0.25) is 4.79 Å². The Morgan fingerprint density at radius 3 is 2.94 bits per heavy atom. The van der Waals surface area contributed by atoms with Crippen LogP contribution in [0.1, 0.15) is 30.6 Å². The van der Waals surface area contributed by atoms with E-state index in [0.29, 0.717) is 5.56 Å². The minimum absolute atomic E-state index is 0.0682. The van der Waals surface area contributed by atoms with Crippen molar-refractivity contribution < 1.29 is 4.79 Å². The van der Waals surface area contributed by atoms with E-state index in [-0.39, 0.29) is 5.78 Å². The maximum Gasteiger partial charge on any atom is 0.159 e. The van der Waals surface area contributed by atoms with Crippen LogP contribution in [0.15, 0.2) is 31.0 Å². The zero-order chi connectivity index (χ0) is 12.0. The predicted molar refractivity (Wildman–Crippen MR) is 66.9 cm³/mol. The first kappa shape index (κ1) is 12.4. The Kier molecular flexibility index (Phi) is 4.70. The Hall–Kier alpha value is -1.64. The molecule has 0 unspecified atom stereocenters. The molecule has 0 aromatic carbocycles. The summed E-state index contributed by atoms with van der Waals surface area (Å²) in [7, 11) is 0. The van der Waals surface area contributed by atoms with E-state index in [0.717, 1.165) is 25.3 Å². The van der Waals surface area contributed by atoms with E-state index in [9.17, 15) is 4.79 Å². The van der Waals surface area contributed by atoms with Crippen LogP contribution < -0.4 is 4.90 Å². The summed E-state index contributed by atoms with van der Waals surface area (Å²) in [6, 6.07) is 3.57. The second-order valence-corrected chi connectivity index (χ2v) is 3.69. The summed E-state index contributed by atoms with van der Waals surface area (Å²) in [5, 5.41) is 0. The van der Waals surface area contributed by atoms with Gasteiger partial charge in [0.05, 0.1) is 0 Å². The van der Waals surface area contributed by atoms with E-state index >= 15 is 0 Å². The molecule has 0 aliphatic rings. The van der Waals surface area contributed by atoms with Gasteiger partial charge in [-0.2, -0.15) is 0 Å². The molecule has 0 atom stereocenters. The van der Waals surface area contributed by atoms with E-state index in [1.165, 1.54) is 0 Å². The van der Waals surface area contributed by atoms with E-state index in [1.807, 2.05) is 12.1 Å². The maximum absolute atomic E-state index is 11.3. The number of hydrogen-bond acceptors (Lipinski definition) is 3. The molecule has 1 heterocycles.